The molecule has 3 rings (SSSR count). The molecule has 1 fully saturated rings. The summed E-state index contributed by atoms with van der Waals surface area (Å²) in [5, 5.41) is 24.1. The molecule has 2 aromatic rings. The molecule has 1 saturated carbocycles. The van der Waals surface area contributed by atoms with Gasteiger partial charge in [0.15, 0.2) is 0 Å². The lowest BCUT2D eigenvalue weighted by atomic mass is 9.89. The van der Waals surface area contributed by atoms with E-state index in [4.69, 9.17) is 9.16 Å². The third kappa shape index (κ3) is 7.32. The van der Waals surface area contributed by atoms with Crippen LogP contribution in [0.4, 0.5) is 0 Å². The molecule has 0 aromatic heterocycles. The molecule has 37 heavy (non-hydrogen) atoms. The van der Waals surface area contributed by atoms with Gasteiger partial charge in [-0.2, -0.15) is 0 Å². The summed E-state index contributed by atoms with van der Waals surface area (Å²) in [6.45, 7) is 7.22. The average Bonchev–Trinajstić information content (AvgIpc) is 3.15. The smallest absolute Gasteiger partial charge is 0.305 e. The van der Waals surface area contributed by atoms with Gasteiger partial charge >= 0.3 is 5.97 Å². The Labute approximate surface area is 224 Å². The van der Waals surface area contributed by atoms with Gasteiger partial charge in [-0.05, 0) is 40.6 Å². The SMILES string of the molecule is COC(=O)CCCCCCC[C@@H]1[C@H](CO[Si](c2ccccc2)(c2ccccc2)C(C)(C)C)[C@@H](O)C[C@H]1O. The molecule has 0 spiro atoms. The lowest BCUT2D eigenvalue weighted by molar-refractivity contribution is -0.140. The second kappa shape index (κ2) is 13.7. The minimum Gasteiger partial charge on any atom is -0.469 e. The molecule has 1 aliphatic carbocycles. The summed E-state index contributed by atoms with van der Waals surface area (Å²) in [7, 11) is -1.27. The van der Waals surface area contributed by atoms with E-state index in [1.54, 1.807) is 0 Å². The maximum atomic E-state index is 11.3. The number of esters is 1. The summed E-state index contributed by atoms with van der Waals surface area (Å²) in [6, 6.07) is 21.1. The molecule has 0 saturated heterocycles. The molecule has 0 amide bonds. The number of carbonyl (C=O) groups excluding carboxylic acids is 1. The molecule has 204 valence electrons. The molecular weight excluding hydrogens is 480 g/mol. The highest BCUT2D eigenvalue weighted by Gasteiger charge is 2.51. The van der Waals surface area contributed by atoms with Gasteiger partial charge in [-0.1, -0.05) is 107 Å². The van der Waals surface area contributed by atoms with Crippen molar-refractivity contribution in [3.8, 4) is 0 Å². The van der Waals surface area contributed by atoms with Crippen molar-refractivity contribution < 1.29 is 24.2 Å². The van der Waals surface area contributed by atoms with Crippen molar-refractivity contribution in [1.82, 2.24) is 0 Å². The van der Waals surface area contributed by atoms with Gasteiger partial charge in [0.2, 0.25) is 0 Å². The summed E-state index contributed by atoms with van der Waals surface area (Å²) in [5.74, 6) is -0.203. The number of carbonyl (C=O) groups is 1. The van der Waals surface area contributed by atoms with Crippen molar-refractivity contribution in [3.63, 3.8) is 0 Å². The first-order valence-corrected chi connectivity index (χ1v) is 15.8. The van der Waals surface area contributed by atoms with E-state index in [0.717, 1.165) is 38.5 Å². The molecule has 0 aliphatic heterocycles. The van der Waals surface area contributed by atoms with E-state index in [2.05, 4.69) is 69.3 Å². The fourth-order valence-electron chi connectivity index (χ4n) is 6.07. The van der Waals surface area contributed by atoms with Crippen LogP contribution in [0.1, 0.15) is 72.1 Å². The van der Waals surface area contributed by atoms with Crippen LogP contribution in [-0.2, 0) is 14.0 Å². The number of methoxy groups -OCH3 is 1. The average molecular weight is 527 g/mol. The van der Waals surface area contributed by atoms with Crippen molar-refractivity contribution >= 4 is 24.7 Å². The zero-order valence-corrected chi connectivity index (χ0v) is 24.1. The van der Waals surface area contributed by atoms with Crippen LogP contribution in [0.5, 0.6) is 0 Å². The predicted molar refractivity (Wildman–Crippen MR) is 152 cm³/mol. The van der Waals surface area contributed by atoms with Gasteiger partial charge < -0.3 is 19.4 Å². The van der Waals surface area contributed by atoms with Gasteiger partial charge in [-0.15, -0.1) is 0 Å². The second-order valence-electron chi connectivity index (χ2n) is 11.6. The van der Waals surface area contributed by atoms with Crippen LogP contribution in [0.15, 0.2) is 60.7 Å². The van der Waals surface area contributed by atoms with Gasteiger partial charge in [0.05, 0.1) is 19.3 Å². The van der Waals surface area contributed by atoms with Crippen LogP contribution < -0.4 is 10.4 Å². The van der Waals surface area contributed by atoms with Gasteiger partial charge in [0.25, 0.3) is 8.32 Å². The van der Waals surface area contributed by atoms with Crippen molar-refractivity contribution in [2.24, 2.45) is 11.8 Å². The standard InChI is InChI=1S/C31H46O5Si/c1-31(2,3)37(24-16-10-8-11-17-24,25-18-12-9-13-19-25)36-23-27-26(28(32)22-29(27)33)20-14-6-5-7-15-21-30(34)35-4/h8-13,16-19,26-29,32-33H,5-7,14-15,20-23H2,1-4H3/t26-,27+,28-,29+/m1/s1. The Hall–Kier alpha value is -1.99. The quantitative estimate of drug-likeness (QED) is 0.222. The number of unbranched alkanes of at least 4 members (excludes halogenated alkanes) is 4. The summed E-state index contributed by atoms with van der Waals surface area (Å²) in [5.41, 5.74) is 0. The first-order valence-electron chi connectivity index (χ1n) is 13.9. The Kier molecular flexibility index (Phi) is 10.9. The maximum Gasteiger partial charge on any atom is 0.305 e. The fraction of sp³-hybridized carbons (Fsp3) is 0.581. The fourth-order valence-corrected chi connectivity index (χ4v) is 10.7. The van der Waals surface area contributed by atoms with Crippen LogP contribution in [0.3, 0.4) is 0 Å². The summed E-state index contributed by atoms with van der Waals surface area (Å²) >= 11 is 0. The number of rotatable bonds is 13. The Balaban J connectivity index is 1.71. The Morgan fingerprint density at radius 2 is 1.35 bits per heavy atom. The molecule has 1 aliphatic rings. The van der Waals surface area contributed by atoms with Crippen molar-refractivity contribution in [2.75, 3.05) is 13.7 Å². The monoisotopic (exact) mass is 526 g/mol. The number of aliphatic hydroxyl groups is 2. The lowest BCUT2D eigenvalue weighted by Crippen LogP contribution is -2.67. The first kappa shape index (κ1) is 29.6. The number of benzene rings is 2. The highest BCUT2D eigenvalue weighted by atomic mass is 28.4. The highest BCUT2D eigenvalue weighted by Crippen LogP contribution is 2.40. The van der Waals surface area contributed by atoms with Crippen molar-refractivity contribution in [1.29, 1.82) is 0 Å². The third-order valence-electron chi connectivity index (χ3n) is 8.08. The van der Waals surface area contributed by atoms with E-state index in [1.165, 1.54) is 17.5 Å². The van der Waals surface area contributed by atoms with Crippen LogP contribution in [-0.4, -0.2) is 50.4 Å². The van der Waals surface area contributed by atoms with Gasteiger partial charge in [-0.25, -0.2) is 0 Å². The van der Waals surface area contributed by atoms with Gasteiger partial charge in [-0.3, -0.25) is 4.79 Å². The summed E-state index contributed by atoms with van der Waals surface area (Å²) in [6.07, 6.45) is 5.70. The van der Waals surface area contributed by atoms with E-state index >= 15 is 0 Å². The van der Waals surface area contributed by atoms with Gasteiger partial charge in [0.1, 0.15) is 0 Å². The number of hydrogen-bond acceptors (Lipinski definition) is 5. The van der Waals surface area contributed by atoms with E-state index < -0.39 is 20.5 Å². The number of hydrogen-bond donors (Lipinski definition) is 2. The van der Waals surface area contributed by atoms with E-state index in [0.29, 0.717) is 19.4 Å². The number of ether oxygens (including phenoxy) is 1. The summed E-state index contributed by atoms with van der Waals surface area (Å²) in [4.78, 5) is 11.3. The molecule has 2 aromatic carbocycles. The number of aliphatic hydroxyl groups excluding tert-OH is 2. The van der Waals surface area contributed by atoms with E-state index in [-0.39, 0.29) is 22.8 Å². The van der Waals surface area contributed by atoms with Crippen molar-refractivity contribution in [3.05, 3.63) is 60.7 Å². The molecular formula is C31H46O5Si. The predicted octanol–water partition coefficient (Wildman–Crippen LogP) is 4.82. The molecule has 2 N–H and O–H groups in total. The van der Waals surface area contributed by atoms with Gasteiger partial charge in [0, 0.05) is 18.9 Å². The molecule has 0 radical (unpaired) electrons. The van der Waals surface area contributed by atoms with Crippen LogP contribution in [0.2, 0.25) is 5.04 Å². The van der Waals surface area contributed by atoms with Crippen LogP contribution >= 0.6 is 0 Å². The molecule has 0 heterocycles. The highest BCUT2D eigenvalue weighted by molar-refractivity contribution is 6.99. The summed E-state index contributed by atoms with van der Waals surface area (Å²) < 4.78 is 11.8. The van der Waals surface area contributed by atoms with Crippen molar-refractivity contribution in [2.45, 2.75) is 89.4 Å². The zero-order valence-electron chi connectivity index (χ0n) is 23.1. The topological polar surface area (TPSA) is 76.0 Å². The second-order valence-corrected chi connectivity index (χ2v) is 15.9. The molecule has 6 heteroatoms. The van der Waals surface area contributed by atoms with E-state index in [9.17, 15) is 15.0 Å². The Morgan fingerprint density at radius 1 is 0.838 bits per heavy atom. The largest absolute Gasteiger partial charge is 0.469 e. The Bertz CT molecular complexity index is 904. The van der Waals surface area contributed by atoms with Crippen LogP contribution in [0.25, 0.3) is 0 Å². The Morgan fingerprint density at radius 3 is 1.89 bits per heavy atom. The molecule has 0 bridgehead atoms. The lowest BCUT2D eigenvalue weighted by Gasteiger charge is -2.44. The maximum absolute atomic E-state index is 11.3. The minimum atomic E-state index is -2.69. The third-order valence-corrected chi connectivity index (χ3v) is 13.1. The van der Waals surface area contributed by atoms with E-state index in [1.807, 2.05) is 12.1 Å². The molecule has 5 nitrogen and oxygen atoms in total. The van der Waals surface area contributed by atoms with Crippen LogP contribution in [0, 0.1) is 11.8 Å². The normalized spacial score (nSPS) is 22.2. The first-order chi connectivity index (χ1) is 17.7. The molecule has 0 unspecified atom stereocenters. The minimum absolute atomic E-state index is 0.0308. The molecule has 4 atom stereocenters. The zero-order chi connectivity index (χ0) is 26.9.